The van der Waals surface area contributed by atoms with E-state index in [0.29, 0.717) is 17.3 Å². The van der Waals surface area contributed by atoms with Gasteiger partial charge in [0, 0.05) is 17.5 Å². The SMILES string of the molecule is CNC(C)Cc1noc(-c2cc(Cl)ccc2F)n1. The molecule has 1 atom stereocenters. The maximum atomic E-state index is 13.6. The number of aromatic nitrogens is 2. The van der Waals surface area contributed by atoms with E-state index in [1.807, 2.05) is 14.0 Å². The Kier molecular flexibility index (Phi) is 3.93. The van der Waals surface area contributed by atoms with Crippen molar-refractivity contribution < 1.29 is 8.91 Å². The van der Waals surface area contributed by atoms with Gasteiger partial charge in [-0.05, 0) is 32.2 Å². The summed E-state index contributed by atoms with van der Waals surface area (Å²) < 4.78 is 18.6. The Morgan fingerprint density at radius 1 is 1.50 bits per heavy atom. The monoisotopic (exact) mass is 269 g/mol. The van der Waals surface area contributed by atoms with Gasteiger partial charge in [0.2, 0.25) is 0 Å². The van der Waals surface area contributed by atoms with E-state index in [-0.39, 0.29) is 17.5 Å². The average molecular weight is 270 g/mol. The molecule has 0 bridgehead atoms. The molecule has 0 aliphatic heterocycles. The number of halogens is 2. The van der Waals surface area contributed by atoms with E-state index < -0.39 is 5.82 Å². The summed E-state index contributed by atoms with van der Waals surface area (Å²) in [5.74, 6) is 0.246. The number of hydrogen-bond acceptors (Lipinski definition) is 4. The van der Waals surface area contributed by atoms with Gasteiger partial charge < -0.3 is 9.84 Å². The number of nitrogens with zero attached hydrogens (tertiary/aromatic N) is 2. The Balaban J connectivity index is 2.26. The van der Waals surface area contributed by atoms with Crippen molar-refractivity contribution in [3.63, 3.8) is 0 Å². The Morgan fingerprint density at radius 3 is 3.00 bits per heavy atom. The van der Waals surface area contributed by atoms with Gasteiger partial charge in [0.1, 0.15) is 5.82 Å². The zero-order valence-corrected chi connectivity index (χ0v) is 10.8. The van der Waals surface area contributed by atoms with Gasteiger partial charge in [-0.3, -0.25) is 0 Å². The van der Waals surface area contributed by atoms with Crippen molar-refractivity contribution in [1.29, 1.82) is 0 Å². The molecule has 0 radical (unpaired) electrons. The summed E-state index contributed by atoms with van der Waals surface area (Å²) in [6.07, 6.45) is 0.613. The zero-order valence-electron chi connectivity index (χ0n) is 10.1. The number of hydrogen-bond donors (Lipinski definition) is 1. The highest BCUT2D eigenvalue weighted by Gasteiger charge is 2.14. The molecule has 1 aromatic carbocycles. The van der Waals surface area contributed by atoms with Crippen molar-refractivity contribution in [2.24, 2.45) is 0 Å². The van der Waals surface area contributed by atoms with Gasteiger partial charge in [-0.2, -0.15) is 4.98 Å². The molecule has 2 rings (SSSR count). The normalized spacial score (nSPS) is 12.7. The third-order valence-electron chi connectivity index (χ3n) is 2.61. The second-order valence-corrected chi connectivity index (χ2v) is 4.47. The van der Waals surface area contributed by atoms with Crippen molar-refractivity contribution in [2.45, 2.75) is 19.4 Å². The second-order valence-electron chi connectivity index (χ2n) is 4.03. The van der Waals surface area contributed by atoms with Crippen LogP contribution in [-0.2, 0) is 6.42 Å². The molecule has 0 fully saturated rings. The molecule has 18 heavy (non-hydrogen) atoms. The van der Waals surface area contributed by atoms with E-state index in [1.54, 1.807) is 0 Å². The second kappa shape index (κ2) is 5.46. The lowest BCUT2D eigenvalue weighted by Crippen LogP contribution is -2.24. The molecular formula is C12H13ClFN3O. The van der Waals surface area contributed by atoms with E-state index in [1.165, 1.54) is 18.2 Å². The molecule has 1 heterocycles. The minimum atomic E-state index is -0.434. The van der Waals surface area contributed by atoms with Gasteiger partial charge in [-0.1, -0.05) is 16.8 Å². The van der Waals surface area contributed by atoms with Crippen molar-refractivity contribution in [1.82, 2.24) is 15.5 Å². The summed E-state index contributed by atoms with van der Waals surface area (Å²) in [6.45, 7) is 2.00. The summed E-state index contributed by atoms with van der Waals surface area (Å²) >= 11 is 5.81. The number of benzene rings is 1. The van der Waals surface area contributed by atoms with Crippen LogP contribution < -0.4 is 5.32 Å². The largest absolute Gasteiger partial charge is 0.334 e. The third-order valence-corrected chi connectivity index (χ3v) is 2.84. The van der Waals surface area contributed by atoms with E-state index in [0.717, 1.165) is 0 Å². The number of nitrogens with one attached hydrogen (secondary N) is 1. The van der Waals surface area contributed by atoms with Crippen LogP contribution in [0.15, 0.2) is 22.7 Å². The van der Waals surface area contributed by atoms with Crippen LogP contribution in [0.3, 0.4) is 0 Å². The van der Waals surface area contributed by atoms with Gasteiger partial charge in [-0.25, -0.2) is 4.39 Å². The highest BCUT2D eigenvalue weighted by molar-refractivity contribution is 6.30. The van der Waals surface area contributed by atoms with Crippen molar-refractivity contribution in [3.05, 3.63) is 34.9 Å². The fraction of sp³-hybridized carbons (Fsp3) is 0.333. The van der Waals surface area contributed by atoms with Crippen LogP contribution in [0, 0.1) is 5.82 Å². The van der Waals surface area contributed by atoms with E-state index in [4.69, 9.17) is 16.1 Å². The van der Waals surface area contributed by atoms with Crippen LogP contribution >= 0.6 is 11.6 Å². The highest BCUT2D eigenvalue weighted by atomic mass is 35.5. The molecular weight excluding hydrogens is 257 g/mol. The standard InChI is InChI=1S/C12H13ClFN3O/c1-7(15-2)5-11-16-12(18-17-11)9-6-8(13)3-4-10(9)14/h3-4,6-7,15H,5H2,1-2H3. The van der Waals surface area contributed by atoms with Crippen molar-refractivity contribution >= 4 is 11.6 Å². The lowest BCUT2D eigenvalue weighted by Gasteiger charge is -2.04. The average Bonchev–Trinajstić information content (AvgIpc) is 2.80. The van der Waals surface area contributed by atoms with Crippen LogP contribution in [0.1, 0.15) is 12.7 Å². The molecule has 0 saturated carbocycles. The van der Waals surface area contributed by atoms with E-state index in [2.05, 4.69) is 15.5 Å². The van der Waals surface area contributed by atoms with Crippen LogP contribution in [0.5, 0.6) is 0 Å². The zero-order chi connectivity index (χ0) is 13.1. The Bertz CT molecular complexity index is 544. The first kappa shape index (κ1) is 13.0. The summed E-state index contributed by atoms with van der Waals surface area (Å²) in [6, 6.07) is 4.44. The molecule has 0 amide bonds. The van der Waals surface area contributed by atoms with Gasteiger partial charge in [0.25, 0.3) is 5.89 Å². The fourth-order valence-electron chi connectivity index (χ4n) is 1.48. The number of rotatable bonds is 4. The first-order chi connectivity index (χ1) is 8.60. The summed E-state index contributed by atoms with van der Waals surface area (Å²) in [4.78, 5) is 4.15. The first-order valence-electron chi connectivity index (χ1n) is 5.55. The van der Waals surface area contributed by atoms with Crippen molar-refractivity contribution in [3.8, 4) is 11.5 Å². The molecule has 2 aromatic rings. The quantitative estimate of drug-likeness (QED) is 0.927. The molecule has 1 unspecified atom stereocenters. The topological polar surface area (TPSA) is 51.0 Å². The first-order valence-corrected chi connectivity index (χ1v) is 5.93. The summed E-state index contributed by atoms with van der Waals surface area (Å²) in [5.41, 5.74) is 0.221. The molecule has 4 nitrogen and oxygen atoms in total. The van der Waals surface area contributed by atoms with Gasteiger partial charge >= 0.3 is 0 Å². The molecule has 96 valence electrons. The van der Waals surface area contributed by atoms with Gasteiger partial charge in [0.05, 0.1) is 5.56 Å². The molecule has 0 saturated heterocycles. The lowest BCUT2D eigenvalue weighted by molar-refractivity contribution is 0.416. The van der Waals surface area contributed by atoms with E-state index in [9.17, 15) is 4.39 Å². The third kappa shape index (κ3) is 2.86. The number of likely N-dealkylation sites (N-methyl/N-ethyl adjacent to an activating group) is 1. The van der Waals surface area contributed by atoms with Crippen LogP contribution in [-0.4, -0.2) is 23.2 Å². The van der Waals surface area contributed by atoms with Gasteiger partial charge in [-0.15, -0.1) is 0 Å². The Labute approximate surface area is 109 Å². The molecule has 1 N–H and O–H groups in total. The van der Waals surface area contributed by atoms with Gasteiger partial charge in [0.15, 0.2) is 5.82 Å². The van der Waals surface area contributed by atoms with E-state index >= 15 is 0 Å². The molecule has 6 heteroatoms. The van der Waals surface area contributed by atoms with Crippen LogP contribution in [0.2, 0.25) is 5.02 Å². The predicted octanol–water partition coefficient (Wildman–Crippen LogP) is 2.68. The lowest BCUT2D eigenvalue weighted by atomic mass is 10.2. The summed E-state index contributed by atoms with van der Waals surface area (Å²) in [5, 5.41) is 7.31. The highest BCUT2D eigenvalue weighted by Crippen LogP contribution is 2.24. The summed E-state index contributed by atoms with van der Waals surface area (Å²) in [7, 11) is 1.85. The van der Waals surface area contributed by atoms with Crippen molar-refractivity contribution in [2.75, 3.05) is 7.05 Å². The Hall–Kier alpha value is -1.46. The predicted molar refractivity (Wildman–Crippen MR) is 66.9 cm³/mol. The smallest absolute Gasteiger partial charge is 0.260 e. The fourth-order valence-corrected chi connectivity index (χ4v) is 1.66. The van der Waals surface area contributed by atoms with Crippen LogP contribution in [0.4, 0.5) is 4.39 Å². The maximum Gasteiger partial charge on any atom is 0.260 e. The molecule has 0 spiro atoms. The minimum Gasteiger partial charge on any atom is -0.334 e. The molecule has 1 aromatic heterocycles. The Morgan fingerprint density at radius 2 is 2.28 bits per heavy atom. The maximum absolute atomic E-state index is 13.6. The minimum absolute atomic E-state index is 0.147. The molecule has 0 aliphatic carbocycles. The molecule has 0 aliphatic rings. The van der Waals surface area contributed by atoms with Crippen LogP contribution in [0.25, 0.3) is 11.5 Å².